The number of hydrogen-bond donors (Lipinski definition) is 2. The van der Waals surface area contributed by atoms with Gasteiger partial charge in [0.05, 0.1) is 0 Å². The second kappa shape index (κ2) is 13.6. The summed E-state index contributed by atoms with van der Waals surface area (Å²) in [5.74, 6) is 1.67. The van der Waals surface area contributed by atoms with Gasteiger partial charge in [0.15, 0.2) is 5.96 Å². The van der Waals surface area contributed by atoms with E-state index in [1.165, 1.54) is 12.3 Å². The summed E-state index contributed by atoms with van der Waals surface area (Å²) in [5.41, 5.74) is 0. The molecule has 176 valence electrons. The number of hydrogen-bond acceptors (Lipinski definition) is 6. The summed E-state index contributed by atoms with van der Waals surface area (Å²) in [6.07, 6.45) is 2.87. The average Bonchev–Trinajstić information content (AvgIpc) is 2.81. The lowest BCUT2D eigenvalue weighted by atomic mass is 10.3. The molecule has 0 spiro atoms. The Kier molecular flexibility index (Phi) is 11.1. The van der Waals surface area contributed by atoms with Gasteiger partial charge in [-0.25, -0.2) is 13.1 Å². The van der Waals surface area contributed by atoms with E-state index in [4.69, 9.17) is 4.74 Å². The van der Waals surface area contributed by atoms with E-state index in [0.717, 1.165) is 44.4 Å². The van der Waals surface area contributed by atoms with Crippen molar-refractivity contribution in [3.63, 3.8) is 0 Å². The van der Waals surface area contributed by atoms with Gasteiger partial charge in [-0.3, -0.25) is 14.9 Å². The van der Waals surface area contributed by atoms with Crippen molar-refractivity contribution < 1.29 is 13.2 Å². The molecule has 2 N–H and O–H groups in total. The third kappa shape index (κ3) is 8.19. The quantitative estimate of drug-likeness (QED) is 0.201. The molecule has 32 heavy (non-hydrogen) atoms. The zero-order valence-corrected chi connectivity index (χ0v) is 21.3. The first-order valence-electron chi connectivity index (χ1n) is 10.3. The van der Waals surface area contributed by atoms with Crippen LogP contribution in [-0.4, -0.2) is 88.6 Å². The Labute approximate surface area is 207 Å². The molecule has 0 bridgehead atoms. The fourth-order valence-corrected chi connectivity index (χ4v) is 4.27. The molecule has 0 radical (unpaired) electrons. The fraction of sp³-hybridized carbons (Fsp3) is 0.429. The lowest BCUT2D eigenvalue weighted by molar-refractivity contribution is 0.152. The number of aromatic nitrogens is 1. The highest BCUT2D eigenvalue weighted by Crippen LogP contribution is 2.09. The first-order chi connectivity index (χ1) is 15.1. The second-order valence-corrected chi connectivity index (χ2v) is 8.82. The summed E-state index contributed by atoms with van der Waals surface area (Å²) in [4.78, 5) is 12.9. The largest absolute Gasteiger partial charge is 0.492 e. The van der Waals surface area contributed by atoms with E-state index >= 15 is 0 Å². The molecule has 0 unspecified atom stereocenters. The van der Waals surface area contributed by atoms with Crippen molar-refractivity contribution in [1.29, 1.82) is 0 Å². The minimum Gasteiger partial charge on any atom is -0.492 e. The van der Waals surface area contributed by atoms with E-state index in [0.29, 0.717) is 13.2 Å². The van der Waals surface area contributed by atoms with E-state index < -0.39 is 10.0 Å². The Morgan fingerprint density at radius 1 is 1.09 bits per heavy atom. The number of ether oxygens (including phenoxy) is 1. The zero-order chi connectivity index (χ0) is 21.9. The van der Waals surface area contributed by atoms with Crippen molar-refractivity contribution in [1.82, 2.24) is 24.8 Å². The van der Waals surface area contributed by atoms with Gasteiger partial charge in [-0.2, -0.15) is 0 Å². The van der Waals surface area contributed by atoms with Crippen LogP contribution in [0.15, 0.2) is 64.7 Å². The molecule has 0 amide bonds. The number of nitrogens with one attached hydrogen (secondary N) is 2. The predicted octanol–water partition coefficient (Wildman–Crippen LogP) is 1.25. The first-order valence-corrected chi connectivity index (χ1v) is 11.8. The number of sulfonamides is 1. The zero-order valence-electron chi connectivity index (χ0n) is 18.2. The smallest absolute Gasteiger partial charge is 0.242 e. The van der Waals surface area contributed by atoms with Gasteiger partial charge in [0.2, 0.25) is 10.0 Å². The SMILES string of the molecule is CN=C(NCCNS(=O)(=O)c1cccnc1)N1CCN(CCOc2ccccc2)CC1.I. The van der Waals surface area contributed by atoms with Gasteiger partial charge in [-0.15, -0.1) is 24.0 Å². The maximum Gasteiger partial charge on any atom is 0.242 e. The van der Waals surface area contributed by atoms with Gasteiger partial charge < -0.3 is 15.0 Å². The Morgan fingerprint density at radius 3 is 2.50 bits per heavy atom. The van der Waals surface area contributed by atoms with Gasteiger partial charge in [0, 0.05) is 65.3 Å². The normalized spacial score (nSPS) is 15.2. The highest BCUT2D eigenvalue weighted by atomic mass is 127. The van der Waals surface area contributed by atoms with Crippen LogP contribution in [0.25, 0.3) is 0 Å². The van der Waals surface area contributed by atoms with Crippen molar-refractivity contribution in [2.75, 3.05) is 59.5 Å². The van der Waals surface area contributed by atoms with Crippen LogP contribution in [0.4, 0.5) is 0 Å². The van der Waals surface area contributed by atoms with E-state index in [2.05, 4.69) is 29.8 Å². The molecular formula is C21H31IN6O3S. The number of pyridine rings is 1. The highest BCUT2D eigenvalue weighted by Gasteiger charge is 2.19. The molecule has 2 heterocycles. The topological polar surface area (TPSA) is 99.2 Å². The van der Waals surface area contributed by atoms with Gasteiger partial charge in [-0.1, -0.05) is 18.2 Å². The number of aliphatic imine (C=N–C) groups is 1. The van der Waals surface area contributed by atoms with Crippen LogP contribution in [0, 0.1) is 0 Å². The standard InChI is InChI=1S/C21H30N6O3S.HI/c1-22-21(24-10-11-25-31(28,29)20-8-5-9-23-18-20)27-14-12-26(13-15-27)16-17-30-19-6-3-2-4-7-19;/h2-9,18,25H,10-17H2,1H3,(H,22,24);1H. The minimum atomic E-state index is -3.55. The summed E-state index contributed by atoms with van der Waals surface area (Å²) in [7, 11) is -1.81. The molecule has 9 nitrogen and oxygen atoms in total. The lowest BCUT2D eigenvalue weighted by Gasteiger charge is -2.36. The van der Waals surface area contributed by atoms with Gasteiger partial charge in [-0.05, 0) is 24.3 Å². The Hall–Kier alpha value is -1.96. The average molecular weight is 574 g/mol. The number of benzene rings is 1. The number of nitrogens with zero attached hydrogens (tertiary/aromatic N) is 4. The van der Waals surface area contributed by atoms with E-state index in [1.807, 2.05) is 30.3 Å². The van der Waals surface area contributed by atoms with Crippen LogP contribution in [0.2, 0.25) is 0 Å². The number of halogens is 1. The Morgan fingerprint density at radius 2 is 1.84 bits per heavy atom. The van der Waals surface area contributed by atoms with E-state index in [-0.39, 0.29) is 35.4 Å². The Bertz CT molecular complexity index is 923. The predicted molar refractivity (Wildman–Crippen MR) is 136 cm³/mol. The molecule has 1 saturated heterocycles. The van der Waals surface area contributed by atoms with Gasteiger partial charge >= 0.3 is 0 Å². The van der Waals surface area contributed by atoms with Crippen molar-refractivity contribution in [2.24, 2.45) is 4.99 Å². The van der Waals surface area contributed by atoms with Crippen molar-refractivity contribution >= 4 is 40.0 Å². The van der Waals surface area contributed by atoms with E-state index in [1.54, 1.807) is 19.3 Å². The van der Waals surface area contributed by atoms with Crippen molar-refractivity contribution in [2.45, 2.75) is 4.90 Å². The van der Waals surface area contributed by atoms with Crippen molar-refractivity contribution in [3.05, 3.63) is 54.9 Å². The third-order valence-corrected chi connectivity index (χ3v) is 6.39. The molecule has 1 aromatic heterocycles. The summed E-state index contributed by atoms with van der Waals surface area (Å²) < 4.78 is 32.8. The molecule has 11 heteroatoms. The minimum absolute atomic E-state index is 0. The summed E-state index contributed by atoms with van der Waals surface area (Å²) in [6.45, 7) is 5.79. The lowest BCUT2D eigenvalue weighted by Crippen LogP contribution is -2.53. The van der Waals surface area contributed by atoms with Gasteiger partial charge in [0.1, 0.15) is 17.3 Å². The maximum atomic E-state index is 12.2. The van der Waals surface area contributed by atoms with Crippen LogP contribution < -0.4 is 14.8 Å². The number of guanidine groups is 1. The molecule has 1 aliphatic rings. The summed E-state index contributed by atoms with van der Waals surface area (Å²) >= 11 is 0. The molecule has 2 aromatic rings. The third-order valence-electron chi connectivity index (χ3n) is 4.95. The van der Waals surface area contributed by atoms with Gasteiger partial charge in [0.25, 0.3) is 0 Å². The number of rotatable bonds is 9. The summed E-state index contributed by atoms with van der Waals surface area (Å²) in [5, 5.41) is 3.23. The molecule has 1 fully saturated rings. The molecule has 3 rings (SSSR count). The van der Waals surface area contributed by atoms with Crippen LogP contribution in [0.1, 0.15) is 0 Å². The van der Waals surface area contributed by atoms with E-state index in [9.17, 15) is 8.42 Å². The molecule has 0 saturated carbocycles. The van der Waals surface area contributed by atoms with Crippen molar-refractivity contribution in [3.8, 4) is 5.75 Å². The number of para-hydroxylation sites is 1. The van der Waals surface area contributed by atoms with Crippen LogP contribution in [-0.2, 0) is 10.0 Å². The summed E-state index contributed by atoms with van der Waals surface area (Å²) in [6, 6.07) is 13.0. The maximum absolute atomic E-state index is 12.2. The second-order valence-electron chi connectivity index (χ2n) is 7.05. The first kappa shape index (κ1) is 26.3. The molecule has 0 atom stereocenters. The van der Waals surface area contributed by atoms with Crippen LogP contribution >= 0.6 is 24.0 Å². The number of piperazine rings is 1. The monoisotopic (exact) mass is 574 g/mol. The van der Waals surface area contributed by atoms with Crippen LogP contribution in [0.3, 0.4) is 0 Å². The highest BCUT2D eigenvalue weighted by molar-refractivity contribution is 14.0. The van der Waals surface area contributed by atoms with Crippen LogP contribution in [0.5, 0.6) is 5.75 Å². The fourth-order valence-electron chi connectivity index (χ4n) is 3.27. The Balaban J connectivity index is 0.00000363. The molecule has 0 aliphatic carbocycles. The molecular weight excluding hydrogens is 543 g/mol. The molecule has 1 aliphatic heterocycles. The molecule has 1 aromatic carbocycles.